The molecule has 0 amide bonds. The number of carboxylic acids is 4. The van der Waals surface area contributed by atoms with Gasteiger partial charge in [0, 0.05) is 26.2 Å². The van der Waals surface area contributed by atoms with Crippen LogP contribution in [0.15, 0.2) is 22.2 Å². The van der Waals surface area contributed by atoms with Crippen LogP contribution < -0.4 is 0 Å². The number of nitrogens with zero attached hydrogens (tertiary/aromatic N) is 6. The number of aliphatic carboxylic acids is 4. The molecule has 2 aromatic heterocycles. The molecule has 2 aliphatic heterocycles. The highest BCUT2D eigenvalue weighted by atomic mass is 32.2. The molecule has 0 saturated carbocycles. The molecule has 226 valence electrons. The molecule has 0 unspecified atom stereocenters. The van der Waals surface area contributed by atoms with Crippen molar-refractivity contribution < 1.29 is 39.6 Å². The molecule has 4 heterocycles. The molecule has 0 fully saturated rings. The first-order valence-electron chi connectivity index (χ1n) is 12.0. The number of rotatable bonds is 6. The summed E-state index contributed by atoms with van der Waals surface area (Å²) >= 11 is 5.93. The van der Waals surface area contributed by atoms with Crippen molar-refractivity contribution in [3.05, 3.63) is 23.5 Å². The molecule has 0 bridgehead atoms. The average Bonchev–Trinajstić information content (AvgIpc) is 3.61. The lowest BCUT2D eigenvalue weighted by atomic mass is 10.1. The second kappa shape index (κ2) is 18.3. The molecule has 2 aliphatic rings. The van der Waals surface area contributed by atoms with Crippen molar-refractivity contribution in [1.29, 1.82) is 0 Å². The predicted octanol–water partition coefficient (Wildman–Crippen LogP) is 2.03. The summed E-state index contributed by atoms with van der Waals surface area (Å²) < 4.78 is 18.0. The van der Waals surface area contributed by atoms with Crippen LogP contribution in [0.2, 0.25) is 0 Å². The Morgan fingerprint density at radius 2 is 1.07 bits per heavy atom. The van der Waals surface area contributed by atoms with Gasteiger partial charge in [0.1, 0.15) is 21.4 Å². The normalized spacial score (nSPS) is 14.9. The van der Waals surface area contributed by atoms with Crippen molar-refractivity contribution in [2.75, 3.05) is 51.8 Å². The molecule has 0 spiro atoms. The maximum atomic E-state index is 9.10. The largest absolute Gasteiger partial charge is 0.473 e. The van der Waals surface area contributed by atoms with Gasteiger partial charge in [0.25, 0.3) is 0 Å². The average molecular weight is 657 g/mol. The third kappa shape index (κ3) is 12.3. The van der Waals surface area contributed by atoms with Crippen molar-refractivity contribution in [1.82, 2.24) is 27.3 Å². The number of hydrogen-bond donors (Lipinski definition) is 4. The summed E-state index contributed by atoms with van der Waals surface area (Å²) in [6, 6.07) is 0. The van der Waals surface area contributed by atoms with Crippen LogP contribution in [0.25, 0.3) is 11.1 Å². The minimum atomic E-state index is -1.82. The van der Waals surface area contributed by atoms with E-state index in [4.69, 9.17) is 39.6 Å². The Labute approximate surface area is 258 Å². The molecule has 14 nitrogen and oxygen atoms in total. The van der Waals surface area contributed by atoms with Gasteiger partial charge in [-0.15, -0.1) is 0 Å². The van der Waals surface area contributed by atoms with Gasteiger partial charge in [-0.25, -0.2) is 19.2 Å². The first-order chi connectivity index (χ1) is 20.0. The van der Waals surface area contributed by atoms with E-state index in [-0.39, 0.29) is 0 Å². The molecular weight excluding hydrogens is 629 g/mol. The number of carboxylic acid groups (broad SMARTS) is 4. The molecule has 18 heteroatoms. The van der Waals surface area contributed by atoms with Crippen LogP contribution in [0.4, 0.5) is 0 Å². The summed E-state index contributed by atoms with van der Waals surface area (Å²) in [5.41, 5.74) is 4.65. The van der Waals surface area contributed by atoms with Crippen LogP contribution in [-0.4, -0.2) is 123 Å². The minimum absolute atomic E-state index is 0.722. The highest BCUT2D eigenvalue weighted by Gasteiger charge is 2.18. The third-order valence-electron chi connectivity index (χ3n) is 5.26. The predicted molar refractivity (Wildman–Crippen MR) is 160 cm³/mol. The maximum absolute atomic E-state index is 9.10. The first-order valence-corrected chi connectivity index (χ1v) is 15.5. The summed E-state index contributed by atoms with van der Waals surface area (Å²) in [6.45, 7) is 4.10. The number of carbonyl (C=O) groups is 4. The minimum Gasteiger partial charge on any atom is -0.473 e. The van der Waals surface area contributed by atoms with Gasteiger partial charge < -0.3 is 30.2 Å². The van der Waals surface area contributed by atoms with Crippen molar-refractivity contribution in [3.8, 4) is 11.8 Å². The first kappa shape index (κ1) is 34.9. The topological polar surface area (TPSA) is 207 Å². The van der Waals surface area contributed by atoms with E-state index in [9.17, 15) is 0 Å². The lowest BCUT2D eigenvalue weighted by Gasteiger charge is -2.22. The van der Waals surface area contributed by atoms with Crippen LogP contribution in [0, 0.1) is 11.8 Å². The van der Waals surface area contributed by atoms with Gasteiger partial charge in [0.05, 0.1) is 35.0 Å². The summed E-state index contributed by atoms with van der Waals surface area (Å²) in [4.78, 5) is 41.0. The molecule has 0 aliphatic carbocycles. The van der Waals surface area contributed by atoms with E-state index in [1.807, 2.05) is 0 Å². The fourth-order valence-corrected chi connectivity index (χ4v) is 6.34. The lowest BCUT2D eigenvalue weighted by molar-refractivity contribution is -0.159. The monoisotopic (exact) mass is 656 g/mol. The Hall–Kier alpha value is -3.34. The molecule has 4 N–H and O–H groups in total. The Morgan fingerprint density at radius 1 is 0.714 bits per heavy atom. The van der Waals surface area contributed by atoms with Gasteiger partial charge in [-0.2, -0.15) is 17.5 Å². The summed E-state index contributed by atoms with van der Waals surface area (Å²) in [7, 11) is 4.30. The molecule has 0 saturated heterocycles. The van der Waals surface area contributed by atoms with Gasteiger partial charge in [-0.1, -0.05) is 47.5 Å². The smallest absolute Gasteiger partial charge is 0.414 e. The summed E-state index contributed by atoms with van der Waals surface area (Å²) in [6.07, 6.45) is 6.74. The fraction of sp³-hybridized carbons (Fsp3) is 0.417. The van der Waals surface area contributed by atoms with Crippen LogP contribution in [0.1, 0.15) is 24.2 Å². The van der Waals surface area contributed by atoms with E-state index in [0.29, 0.717) is 0 Å². The Bertz CT molecular complexity index is 1260. The number of hydrogen-bond acceptors (Lipinski definition) is 14. The molecule has 42 heavy (non-hydrogen) atoms. The van der Waals surface area contributed by atoms with E-state index in [2.05, 4.69) is 65.4 Å². The zero-order valence-electron chi connectivity index (χ0n) is 22.5. The number of likely N-dealkylation sites (N-methyl/N-ethyl adjacent to an activating group) is 2. The molecule has 0 aromatic carbocycles. The molecule has 2 aromatic rings. The van der Waals surface area contributed by atoms with Crippen molar-refractivity contribution >= 4 is 82.0 Å². The van der Waals surface area contributed by atoms with Crippen LogP contribution in [0.3, 0.4) is 0 Å². The molecule has 0 atom stereocenters. The summed E-state index contributed by atoms with van der Waals surface area (Å²) in [5.74, 6) is 0.674. The van der Waals surface area contributed by atoms with E-state index >= 15 is 0 Å². The van der Waals surface area contributed by atoms with E-state index in [1.54, 1.807) is 23.5 Å². The molecule has 4 rings (SSSR count). The van der Waals surface area contributed by atoms with E-state index in [0.717, 1.165) is 72.0 Å². The Kier molecular flexibility index (Phi) is 15.1. The van der Waals surface area contributed by atoms with Gasteiger partial charge in [0.2, 0.25) is 0 Å². The fourth-order valence-electron chi connectivity index (χ4n) is 3.38. The molecular formula is C24H28N6O8S4. The maximum Gasteiger partial charge on any atom is 0.414 e. The van der Waals surface area contributed by atoms with Crippen molar-refractivity contribution in [2.45, 2.75) is 22.9 Å². The Balaban J connectivity index is 0.000000434. The standard InChI is InChI=1S/C20H24N6S4.2C2H2O4/c1-25-9-5-7-15(13-25)17-19(23-29-21-17)27-11-3-4-12-28-20-18(22-30-24-20)16-8-6-10-26(2)14-16;2*3-1(4)2(5)6/h7-8H,5-6,9-14H2,1-2H3;2*(H,3,4)(H,5,6). The van der Waals surface area contributed by atoms with Gasteiger partial charge >= 0.3 is 23.9 Å². The van der Waals surface area contributed by atoms with Crippen molar-refractivity contribution in [3.63, 3.8) is 0 Å². The van der Waals surface area contributed by atoms with Gasteiger partial charge in [-0.3, -0.25) is 0 Å². The van der Waals surface area contributed by atoms with Gasteiger partial charge in [-0.05, 0) is 38.1 Å². The van der Waals surface area contributed by atoms with E-state index in [1.165, 1.54) is 34.6 Å². The third-order valence-corrected chi connectivity index (χ3v) is 8.24. The highest BCUT2D eigenvalue weighted by molar-refractivity contribution is 7.99. The zero-order valence-corrected chi connectivity index (χ0v) is 25.8. The highest BCUT2D eigenvalue weighted by Crippen LogP contribution is 2.30. The van der Waals surface area contributed by atoms with Crippen LogP contribution in [0.5, 0.6) is 0 Å². The number of thioether (sulfide) groups is 2. The van der Waals surface area contributed by atoms with Crippen LogP contribution in [-0.2, 0) is 19.2 Å². The lowest BCUT2D eigenvalue weighted by Crippen LogP contribution is -2.25. The number of aromatic nitrogens is 4. The molecule has 0 radical (unpaired) electrons. The second-order valence-corrected chi connectivity index (χ2v) is 11.5. The van der Waals surface area contributed by atoms with Crippen molar-refractivity contribution in [2.24, 2.45) is 0 Å². The zero-order chi connectivity index (χ0) is 31.1. The van der Waals surface area contributed by atoms with Gasteiger partial charge in [0.15, 0.2) is 0 Å². The second-order valence-electron chi connectivity index (χ2n) is 8.50. The SMILES string of the molecule is CN1CCC=C(c2nsnc2SCC#CCSc2nsnc2C2=CCCN(C)C2)C1.O=C(O)C(=O)O.O=C(O)C(=O)O. The van der Waals surface area contributed by atoms with E-state index < -0.39 is 23.9 Å². The summed E-state index contributed by atoms with van der Waals surface area (Å²) in [5, 5.41) is 31.6. The quantitative estimate of drug-likeness (QED) is 0.199. The Morgan fingerprint density at radius 3 is 1.38 bits per heavy atom. The van der Waals surface area contributed by atoms with Crippen LogP contribution >= 0.6 is 47.0 Å².